The van der Waals surface area contributed by atoms with E-state index >= 15 is 0 Å². The smallest absolute Gasteiger partial charge is 0.241 e. The van der Waals surface area contributed by atoms with Crippen LogP contribution in [-0.4, -0.2) is 19.9 Å². The molecule has 1 unspecified atom stereocenters. The Morgan fingerprint density at radius 1 is 1.42 bits per heavy atom. The van der Waals surface area contributed by atoms with Gasteiger partial charge in [0.25, 0.3) is 0 Å². The summed E-state index contributed by atoms with van der Waals surface area (Å²) in [6, 6.07) is 6.36. The van der Waals surface area contributed by atoms with Gasteiger partial charge in [-0.1, -0.05) is 25.1 Å². The highest BCUT2D eigenvalue weighted by Gasteiger charge is 2.35. The minimum absolute atomic E-state index is 0.0610. The van der Waals surface area contributed by atoms with Crippen LogP contribution in [-0.2, 0) is 20.7 Å². The molecule has 7 heteroatoms. The summed E-state index contributed by atoms with van der Waals surface area (Å²) >= 11 is 5.72. The number of carbonyl (C=O) groups is 1. The maximum atomic E-state index is 12.3. The molecule has 1 amide bonds. The van der Waals surface area contributed by atoms with Crippen molar-refractivity contribution in [1.29, 1.82) is 0 Å². The number of carbonyl (C=O) groups excluding carboxylic acids is 1. The molecule has 3 N–H and O–H groups in total. The summed E-state index contributed by atoms with van der Waals surface area (Å²) in [7, 11) is -3.85. The van der Waals surface area contributed by atoms with Gasteiger partial charge in [0.05, 0.1) is 4.90 Å². The fourth-order valence-corrected chi connectivity index (χ4v) is 3.53. The van der Waals surface area contributed by atoms with E-state index in [1.165, 1.54) is 13.0 Å². The number of alkyl halides is 1. The molecule has 1 aromatic rings. The van der Waals surface area contributed by atoms with Crippen molar-refractivity contribution in [2.24, 2.45) is 5.73 Å². The van der Waals surface area contributed by atoms with Crippen molar-refractivity contribution in [1.82, 2.24) is 4.72 Å². The number of nitrogens with one attached hydrogen (secondary N) is 1. The number of amides is 1. The van der Waals surface area contributed by atoms with E-state index in [1.807, 2.05) is 0 Å². The maximum Gasteiger partial charge on any atom is 0.241 e. The highest BCUT2D eigenvalue weighted by Crippen LogP contribution is 2.20. The van der Waals surface area contributed by atoms with Crippen molar-refractivity contribution in [2.75, 3.05) is 0 Å². The van der Waals surface area contributed by atoms with Crippen LogP contribution in [0.25, 0.3) is 0 Å². The fraction of sp³-hybridized carbons (Fsp3) is 0.417. The van der Waals surface area contributed by atoms with Gasteiger partial charge in [-0.25, -0.2) is 8.42 Å². The molecule has 1 rings (SSSR count). The molecule has 0 spiro atoms. The van der Waals surface area contributed by atoms with Crippen LogP contribution in [0, 0.1) is 0 Å². The molecule has 0 bridgehead atoms. The number of nitrogens with two attached hydrogens (primary N) is 1. The molecule has 5 nitrogen and oxygen atoms in total. The first-order chi connectivity index (χ1) is 8.77. The molecular formula is C12H17ClN2O3S. The fourth-order valence-electron chi connectivity index (χ4n) is 1.52. The number of hydrogen-bond donors (Lipinski definition) is 2. The van der Waals surface area contributed by atoms with Gasteiger partial charge in [0.15, 0.2) is 0 Å². The lowest BCUT2D eigenvalue weighted by Gasteiger charge is -2.26. The Morgan fingerprint density at radius 2 is 2.00 bits per heavy atom. The minimum Gasteiger partial charge on any atom is -0.368 e. The van der Waals surface area contributed by atoms with Crippen molar-refractivity contribution >= 4 is 27.5 Å². The van der Waals surface area contributed by atoms with Crippen LogP contribution >= 0.6 is 11.6 Å². The Bertz CT molecular complexity index is 574. The Kier molecular flexibility index (Phi) is 4.95. The van der Waals surface area contributed by atoms with E-state index in [0.29, 0.717) is 5.56 Å². The van der Waals surface area contributed by atoms with Crippen LogP contribution in [0.5, 0.6) is 0 Å². The Morgan fingerprint density at radius 3 is 2.47 bits per heavy atom. The van der Waals surface area contributed by atoms with Crippen LogP contribution in [0.4, 0.5) is 0 Å². The van der Waals surface area contributed by atoms with Gasteiger partial charge in [-0.3, -0.25) is 4.79 Å². The van der Waals surface area contributed by atoms with E-state index < -0.39 is 21.5 Å². The minimum atomic E-state index is -3.85. The van der Waals surface area contributed by atoms with Gasteiger partial charge in [-0.05, 0) is 25.0 Å². The number of halogens is 1. The summed E-state index contributed by atoms with van der Waals surface area (Å²) in [4.78, 5) is 11.4. The highest BCUT2D eigenvalue weighted by molar-refractivity contribution is 7.89. The predicted octanol–water partition coefficient (Wildman–Crippen LogP) is 1.36. The van der Waals surface area contributed by atoms with Crippen LogP contribution in [0.15, 0.2) is 29.2 Å². The monoisotopic (exact) mass is 304 g/mol. The summed E-state index contributed by atoms with van der Waals surface area (Å²) in [5, 5.41) is 0. The lowest BCUT2D eigenvalue weighted by molar-refractivity contribution is -0.123. The molecule has 19 heavy (non-hydrogen) atoms. The second kappa shape index (κ2) is 5.90. The largest absolute Gasteiger partial charge is 0.368 e. The van der Waals surface area contributed by atoms with E-state index in [1.54, 1.807) is 25.1 Å². The van der Waals surface area contributed by atoms with Crippen molar-refractivity contribution in [3.05, 3.63) is 29.8 Å². The first-order valence-corrected chi connectivity index (χ1v) is 7.76. The van der Waals surface area contributed by atoms with Gasteiger partial charge in [0.2, 0.25) is 15.9 Å². The van der Waals surface area contributed by atoms with Crippen molar-refractivity contribution in [3.63, 3.8) is 0 Å². The van der Waals surface area contributed by atoms with Gasteiger partial charge in [0, 0.05) is 5.88 Å². The van der Waals surface area contributed by atoms with Crippen molar-refractivity contribution in [2.45, 2.75) is 36.6 Å². The molecule has 0 aliphatic rings. The van der Waals surface area contributed by atoms with E-state index in [2.05, 4.69) is 4.72 Å². The summed E-state index contributed by atoms with van der Waals surface area (Å²) < 4.78 is 27.0. The average Bonchev–Trinajstić information content (AvgIpc) is 2.37. The molecule has 0 aliphatic carbocycles. The van der Waals surface area contributed by atoms with Gasteiger partial charge in [0.1, 0.15) is 5.54 Å². The van der Waals surface area contributed by atoms with Crippen LogP contribution in [0.3, 0.4) is 0 Å². The lowest BCUT2D eigenvalue weighted by atomic mass is 10.0. The highest BCUT2D eigenvalue weighted by atomic mass is 35.5. The maximum absolute atomic E-state index is 12.3. The second-order valence-corrected chi connectivity index (χ2v) is 6.31. The molecule has 106 valence electrons. The van der Waals surface area contributed by atoms with Crippen LogP contribution < -0.4 is 10.5 Å². The third kappa shape index (κ3) is 3.46. The Balaban J connectivity index is 3.22. The summed E-state index contributed by atoms with van der Waals surface area (Å²) in [6.45, 7) is 3.14. The topological polar surface area (TPSA) is 89.3 Å². The summed E-state index contributed by atoms with van der Waals surface area (Å²) in [6.07, 6.45) is 0.255. The normalized spacial score (nSPS) is 14.9. The van der Waals surface area contributed by atoms with Crippen LogP contribution in [0.2, 0.25) is 0 Å². The molecule has 0 fully saturated rings. The number of hydrogen-bond acceptors (Lipinski definition) is 3. The quantitative estimate of drug-likeness (QED) is 0.778. The standard InChI is InChI=1S/C12H17ClN2O3S/c1-3-12(2,11(14)16)15-19(17,18)10-7-5-4-6-9(10)8-13/h4-7,15H,3,8H2,1-2H3,(H2,14,16). The molecule has 0 radical (unpaired) electrons. The molecule has 0 aromatic heterocycles. The third-order valence-electron chi connectivity index (χ3n) is 3.02. The predicted molar refractivity (Wildman–Crippen MR) is 74.2 cm³/mol. The SMILES string of the molecule is CCC(C)(NS(=O)(=O)c1ccccc1CCl)C(N)=O. The van der Waals surface area contributed by atoms with Crippen molar-refractivity contribution < 1.29 is 13.2 Å². The molecule has 0 saturated carbocycles. The van der Waals surface area contributed by atoms with E-state index in [4.69, 9.17) is 17.3 Å². The zero-order chi connectivity index (χ0) is 14.7. The molecule has 0 aliphatic heterocycles. The molecular weight excluding hydrogens is 288 g/mol. The average molecular weight is 305 g/mol. The zero-order valence-electron chi connectivity index (χ0n) is 10.8. The molecule has 1 atom stereocenters. The van der Waals surface area contributed by atoms with E-state index in [9.17, 15) is 13.2 Å². The van der Waals surface area contributed by atoms with Gasteiger partial charge in [-0.15, -0.1) is 11.6 Å². The lowest BCUT2D eigenvalue weighted by Crippen LogP contribution is -2.54. The number of sulfonamides is 1. The van der Waals surface area contributed by atoms with Gasteiger partial charge < -0.3 is 5.73 Å². The summed E-state index contributed by atoms with van der Waals surface area (Å²) in [5.74, 6) is -0.654. The van der Waals surface area contributed by atoms with E-state index in [0.717, 1.165) is 0 Å². The van der Waals surface area contributed by atoms with Crippen LogP contribution in [0.1, 0.15) is 25.8 Å². The Hall–Kier alpha value is -1.11. The van der Waals surface area contributed by atoms with E-state index in [-0.39, 0.29) is 17.2 Å². The molecule has 1 aromatic carbocycles. The number of benzene rings is 1. The molecule has 0 saturated heterocycles. The zero-order valence-corrected chi connectivity index (χ0v) is 12.4. The third-order valence-corrected chi connectivity index (χ3v) is 5.00. The number of rotatable bonds is 6. The van der Waals surface area contributed by atoms with Gasteiger partial charge in [-0.2, -0.15) is 4.72 Å². The van der Waals surface area contributed by atoms with Gasteiger partial charge >= 0.3 is 0 Å². The molecule has 0 heterocycles. The van der Waals surface area contributed by atoms with Crippen molar-refractivity contribution in [3.8, 4) is 0 Å². The Labute approximate surface area is 118 Å². The second-order valence-electron chi connectivity index (χ2n) is 4.40. The first-order valence-electron chi connectivity index (χ1n) is 5.74. The number of primary amides is 1. The summed E-state index contributed by atoms with van der Waals surface area (Å²) in [5.41, 5.74) is 4.40. The first kappa shape index (κ1) is 15.9.